The van der Waals surface area contributed by atoms with E-state index >= 15 is 0 Å². The number of carboxylic acids is 1. The van der Waals surface area contributed by atoms with Gasteiger partial charge in [-0.1, -0.05) is 13.3 Å². The van der Waals surface area contributed by atoms with Crippen LogP contribution in [0.15, 0.2) is 0 Å². The molecule has 0 aromatic heterocycles. The Labute approximate surface area is 114 Å². The van der Waals surface area contributed by atoms with E-state index in [-0.39, 0.29) is 0 Å². The molecular weight excluding hydrogens is 246 g/mol. The van der Waals surface area contributed by atoms with Crippen LogP contribution >= 0.6 is 11.8 Å². The molecule has 2 N–H and O–H groups in total. The van der Waals surface area contributed by atoms with Crippen LogP contribution in [-0.4, -0.2) is 33.7 Å². The number of nitrogens with one attached hydrogen (secondary N) is 1. The van der Waals surface area contributed by atoms with E-state index in [0.29, 0.717) is 11.3 Å². The third kappa shape index (κ3) is 3.64. The van der Waals surface area contributed by atoms with Gasteiger partial charge >= 0.3 is 5.97 Å². The first-order valence-corrected chi connectivity index (χ1v) is 8.34. The monoisotopic (exact) mass is 271 g/mol. The molecule has 104 valence electrons. The van der Waals surface area contributed by atoms with Gasteiger partial charge in [0.2, 0.25) is 0 Å². The summed E-state index contributed by atoms with van der Waals surface area (Å²) >= 11 is 1.99. The van der Waals surface area contributed by atoms with Crippen molar-refractivity contribution in [3.05, 3.63) is 0 Å². The number of carbonyl (C=O) groups is 1. The highest BCUT2D eigenvalue weighted by molar-refractivity contribution is 7.99. The number of unbranched alkanes of at least 4 members (excludes halogenated alkanes) is 1. The minimum atomic E-state index is -0.629. The van der Waals surface area contributed by atoms with Crippen molar-refractivity contribution < 1.29 is 9.90 Å². The number of rotatable bonds is 7. The first kappa shape index (κ1) is 14.2. The molecule has 2 fully saturated rings. The molecule has 2 atom stereocenters. The summed E-state index contributed by atoms with van der Waals surface area (Å²) in [7, 11) is 0. The summed E-state index contributed by atoms with van der Waals surface area (Å²) in [6.45, 7) is 2.21. The second-order valence-corrected chi connectivity index (χ2v) is 7.16. The topological polar surface area (TPSA) is 49.3 Å². The maximum absolute atomic E-state index is 11.6. The molecule has 0 aliphatic heterocycles. The summed E-state index contributed by atoms with van der Waals surface area (Å²) in [5, 5.41) is 13.5. The molecule has 0 bridgehead atoms. The average Bonchev–Trinajstić information content (AvgIpc) is 3.13. The number of thioether (sulfide) groups is 1. The Morgan fingerprint density at radius 3 is 2.83 bits per heavy atom. The van der Waals surface area contributed by atoms with Crippen molar-refractivity contribution in [3.63, 3.8) is 0 Å². The number of aliphatic carboxylic acids is 1. The van der Waals surface area contributed by atoms with Crippen LogP contribution in [0.1, 0.15) is 58.3 Å². The fraction of sp³-hybridized carbons (Fsp3) is 0.929. The molecule has 0 amide bonds. The molecule has 0 aromatic carbocycles. The predicted molar refractivity (Wildman–Crippen MR) is 76.1 cm³/mol. The van der Waals surface area contributed by atoms with E-state index in [4.69, 9.17) is 0 Å². The fourth-order valence-corrected chi connectivity index (χ4v) is 4.29. The maximum atomic E-state index is 11.6. The van der Waals surface area contributed by atoms with Crippen LogP contribution in [0.25, 0.3) is 0 Å². The van der Waals surface area contributed by atoms with E-state index in [2.05, 4.69) is 12.2 Å². The van der Waals surface area contributed by atoms with Crippen LogP contribution in [0, 0.1) is 0 Å². The number of carboxylic acid groups (broad SMARTS) is 1. The molecule has 0 saturated heterocycles. The number of hydrogen-bond donors (Lipinski definition) is 2. The van der Waals surface area contributed by atoms with Gasteiger partial charge in [-0.05, 0) is 50.7 Å². The Kier molecular flexibility index (Phi) is 4.96. The molecule has 2 rings (SSSR count). The lowest BCUT2D eigenvalue weighted by molar-refractivity contribution is -0.146. The highest BCUT2D eigenvalue weighted by Crippen LogP contribution is 2.38. The minimum Gasteiger partial charge on any atom is -0.480 e. The Bertz CT molecular complexity index is 294. The van der Waals surface area contributed by atoms with Crippen molar-refractivity contribution in [3.8, 4) is 0 Å². The molecular formula is C14H25NO2S. The van der Waals surface area contributed by atoms with Gasteiger partial charge in [0.15, 0.2) is 0 Å². The van der Waals surface area contributed by atoms with Crippen molar-refractivity contribution in [1.29, 1.82) is 0 Å². The zero-order valence-corrected chi connectivity index (χ0v) is 12.1. The molecule has 2 unspecified atom stereocenters. The van der Waals surface area contributed by atoms with E-state index in [9.17, 15) is 9.90 Å². The van der Waals surface area contributed by atoms with Crippen LogP contribution in [0.3, 0.4) is 0 Å². The van der Waals surface area contributed by atoms with Gasteiger partial charge in [-0.2, -0.15) is 11.8 Å². The molecule has 0 heterocycles. The molecule has 0 spiro atoms. The maximum Gasteiger partial charge on any atom is 0.323 e. The van der Waals surface area contributed by atoms with Crippen molar-refractivity contribution in [1.82, 2.24) is 5.32 Å². The Morgan fingerprint density at radius 2 is 2.22 bits per heavy atom. The molecule has 0 radical (unpaired) electrons. The lowest BCUT2D eigenvalue weighted by Crippen LogP contribution is -2.56. The summed E-state index contributed by atoms with van der Waals surface area (Å²) < 4.78 is 0. The van der Waals surface area contributed by atoms with E-state index in [0.717, 1.165) is 32.1 Å². The lowest BCUT2D eigenvalue weighted by atomic mass is 9.81. The molecule has 3 nitrogen and oxygen atoms in total. The molecule has 2 saturated carbocycles. The van der Waals surface area contributed by atoms with Gasteiger partial charge in [0.05, 0.1) is 0 Å². The van der Waals surface area contributed by atoms with Crippen molar-refractivity contribution in [2.75, 3.05) is 5.75 Å². The first-order valence-electron chi connectivity index (χ1n) is 7.29. The molecule has 4 heteroatoms. The summed E-state index contributed by atoms with van der Waals surface area (Å²) in [5.74, 6) is 0.551. The smallest absolute Gasteiger partial charge is 0.323 e. The van der Waals surface area contributed by atoms with E-state index in [1.54, 1.807) is 0 Å². The van der Waals surface area contributed by atoms with Gasteiger partial charge in [0.25, 0.3) is 0 Å². The van der Waals surface area contributed by atoms with E-state index in [1.165, 1.54) is 25.0 Å². The zero-order valence-electron chi connectivity index (χ0n) is 11.3. The number of hydrogen-bond acceptors (Lipinski definition) is 3. The Balaban J connectivity index is 1.90. The third-order valence-corrected chi connectivity index (χ3v) is 5.42. The van der Waals surface area contributed by atoms with Crippen LogP contribution < -0.4 is 5.32 Å². The standard InChI is InChI=1S/C14H25NO2S/c1-2-3-9-18-12-5-4-8-14(10-12,13(16)17)15-11-6-7-11/h11-12,15H,2-10H2,1H3,(H,16,17). The van der Waals surface area contributed by atoms with Crippen molar-refractivity contribution >= 4 is 17.7 Å². The van der Waals surface area contributed by atoms with Crippen LogP contribution in [0.5, 0.6) is 0 Å². The second-order valence-electron chi connectivity index (χ2n) is 5.75. The van der Waals surface area contributed by atoms with Gasteiger partial charge in [0.1, 0.15) is 5.54 Å². The summed E-state index contributed by atoms with van der Waals surface area (Å²) in [4.78, 5) is 11.6. The molecule has 2 aliphatic rings. The molecule has 18 heavy (non-hydrogen) atoms. The lowest BCUT2D eigenvalue weighted by Gasteiger charge is -2.38. The highest BCUT2D eigenvalue weighted by Gasteiger charge is 2.45. The molecule has 0 aromatic rings. The van der Waals surface area contributed by atoms with E-state index in [1.807, 2.05) is 11.8 Å². The zero-order chi connectivity index (χ0) is 13.0. The van der Waals surface area contributed by atoms with Crippen LogP contribution in [0.2, 0.25) is 0 Å². The van der Waals surface area contributed by atoms with Gasteiger partial charge in [-0.25, -0.2) is 0 Å². The quantitative estimate of drug-likeness (QED) is 0.699. The van der Waals surface area contributed by atoms with Gasteiger partial charge in [-0.3, -0.25) is 10.1 Å². The van der Waals surface area contributed by atoms with Crippen molar-refractivity contribution in [2.24, 2.45) is 0 Å². The van der Waals surface area contributed by atoms with Crippen molar-refractivity contribution in [2.45, 2.75) is 75.1 Å². The SMILES string of the molecule is CCCCSC1CCCC(NC2CC2)(C(=O)O)C1. The second kappa shape index (κ2) is 6.29. The highest BCUT2D eigenvalue weighted by atomic mass is 32.2. The summed E-state index contributed by atoms with van der Waals surface area (Å²) in [6.07, 6.45) is 8.65. The average molecular weight is 271 g/mol. The van der Waals surface area contributed by atoms with Gasteiger partial charge < -0.3 is 5.11 Å². The van der Waals surface area contributed by atoms with Gasteiger partial charge in [0, 0.05) is 11.3 Å². The Hall–Kier alpha value is -0.220. The predicted octanol–water partition coefficient (Wildman–Crippen LogP) is 3.04. The van der Waals surface area contributed by atoms with Gasteiger partial charge in [-0.15, -0.1) is 0 Å². The summed E-state index contributed by atoms with van der Waals surface area (Å²) in [5.41, 5.74) is -0.622. The fourth-order valence-electron chi connectivity index (χ4n) is 2.77. The third-order valence-electron chi connectivity index (χ3n) is 4.02. The first-order chi connectivity index (χ1) is 8.66. The largest absolute Gasteiger partial charge is 0.480 e. The van der Waals surface area contributed by atoms with Crippen LogP contribution in [0.4, 0.5) is 0 Å². The normalized spacial score (nSPS) is 32.4. The minimum absolute atomic E-state index is 0.473. The molecule has 2 aliphatic carbocycles. The van der Waals surface area contributed by atoms with Crippen LogP contribution in [-0.2, 0) is 4.79 Å². The summed E-state index contributed by atoms with van der Waals surface area (Å²) in [6, 6.07) is 0.473. The van der Waals surface area contributed by atoms with E-state index < -0.39 is 11.5 Å². The Morgan fingerprint density at radius 1 is 1.44 bits per heavy atom.